The van der Waals surface area contributed by atoms with E-state index in [2.05, 4.69) is 22.5 Å². The lowest BCUT2D eigenvalue weighted by atomic mass is 10.2. The molecule has 1 atom stereocenters. The summed E-state index contributed by atoms with van der Waals surface area (Å²) in [5, 5.41) is 8.80. The minimum absolute atomic E-state index is 0.511. The molecule has 0 radical (unpaired) electrons. The van der Waals surface area contributed by atoms with Gasteiger partial charge in [0.15, 0.2) is 0 Å². The number of benzene rings is 1. The first-order valence-corrected chi connectivity index (χ1v) is 6.11. The van der Waals surface area contributed by atoms with Gasteiger partial charge in [-0.1, -0.05) is 0 Å². The topological polar surface area (TPSA) is 39.1 Å². The van der Waals surface area contributed by atoms with Crippen LogP contribution in [0.15, 0.2) is 24.4 Å². The van der Waals surface area contributed by atoms with Crippen molar-refractivity contribution in [3.8, 4) is 5.75 Å². The summed E-state index contributed by atoms with van der Waals surface area (Å²) in [6.07, 6.45) is 4.35. The normalized spacial score (nSPS) is 19.9. The molecular weight excluding hydrogens is 214 g/mol. The standard InChI is InChI=1S/C13H17N3O/c1-16-13-7-12(5-4-10(13)8-15-16)17-9-11-3-2-6-14-11/h4-5,7-8,11,14H,2-3,6,9H2,1H3. The predicted molar refractivity (Wildman–Crippen MR) is 67.2 cm³/mol. The van der Waals surface area contributed by atoms with Gasteiger partial charge >= 0.3 is 0 Å². The van der Waals surface area contributed by atoms with Gasteiger partial charge in [-0.25, -0.2) is 0 Å². The van der Waals surface area contributed by atoms with E-state index in [9.17, 15) is 0 Å². The number of nitrogens with one attached hydrogen (secondary N) is 1. The number of hydrogen-bond acceptors (Lipinski definition) is 3. The third kappa shape index (κ3) is 2.13. The average molecular weight is 231 g/mol. The summed E-state index contributed by atoms with van der Waals surface area (Å²) < 4.78 is 7.69. The molecule has 0 saturated carbocycles. The number of ether oxygens (including phenoxy) is 1. The zero-order chi connectivity index (χ0) is 11.7. The average Bonchev–Trinajstić information content (AvgIpc) is 2.97. The van der Waals surface area contributed by atoms with Gasteiger partial charge in [0.25, 0.3) is 0 Å². The van der Waals surface area contributed by atoms with E-state index in [0.717, 1.165) is 29.8 Å². The maximum atomic E-state index is 5.82. The highest BCUT2D eigenvalue weighted by atomic mass is 16.5. The van der Waals surface area contributed by atoms with Crippen LogP contribution in [0.25, 0.3) is 10.9 Å². The molecule has 1 aliphatic rings. The second-order valence-electron chi connectivity index (χ2n) is 4.59. The van der Waals surface area contributed by atoms with E-state index in [1.54, 1.807) is 0 Å². The van der Waals surface area contributed by atoms with Crippen LogP contribution < -0.4 is 10.1 Å². The molecule has 2 heterocycles. The molecule has 1 saturated heterocycles. The maximum absolute atomic E-state index is 5.82. The largest absolute Gasteiger partial charge is 0.492 e. The minimum Gasteiger partial charge on any atom is -0.492 e. The predicted octanol–water partition coefficient (Wildman–Crippen LogP) is 1.70. The fourth-order valence-corrected chi connectivity index (χ4v) is 2.31. The Morgan fingerprint density at radius 3 is 3.29 bits per heavy atom. The monoisotopic (exact) mass is 231 g/mol. The lowest BCUT2D eigenvalue weighted by Crippen LogP contribution is -2.28. The van der Waals surface area contributed by atoms with E-state index in [1.807, 2.05) is 24.0 Å². The molecule has 1 fully saturated rings. The number of nitrogens with zero attached hydrogens (tertiary/aromatic N) is 2. The lowest BCUT2D eigenvalue weighted by molar-refractivity contribution is 0.277. The van der Waals surface area contributed by atoms with E-state index in [4.69, 9.17) is 4.74 Å². The van der Waals surface area contributed by atoms with Crippen LogP contribution in [0.2, 0.25) is 0 Å². The van der Waals surface area contributed by atoms with Gasteiger partial charge < -0.3 is 10.1 Å². The fourth-order valence-electron chi connectivity index (χ4n) is 2.31. The SMILES string of the molecule is Cn1ncc2ccc(OCC3CCCN3)cc21. The Balaban J connectivity index is 1.73. The zero-order valence-corrected chi connectivity index (χ0v) is 10.0. The molecule has 1 aromatic heterocycles. The van der Waals surface area contributed by atoms with Gasteiger partial charge in [-0.15, -0.1) is 0 Å². The van der Waals surface area contributed by atoms with Crippen molar-refractivity contribution in [2.75, 3.05) is 13.2 Å². The van der Waals surface area contributed by atoms with Crippen LogP contribution in [0.1, 0.15) is 12.8 Å². The molecule has 1 N–H and O–H groups in total. The van der Waals surface area contributed by atoms with Gasteiger partial charge in [-0.3, -0.25) is 4.68 Å². The van der Waals surface area contributed by atoms with Crippen LogP contribution in [-0.2, 0) is 7.05 Å². The Bertz CT molecular complexity index is 514. The van der Waals surface area contributed by atoms with E-state index >= 15 is 0 Å². The van der Waals surface area contributed by atoms with Crippen molar-refractivity contribution < 1.29 is 4.74 Å². The number of aromatic nitrogens is 2. The molecule has 1 aromatic carbocycles. The molecule has 0 amide bonds. The van der Waals surface area contributed by atoms with Gasteiger partial charge in [-0.2, -0.15) is 5.10 Å². The molecule has 0 bridgehead atoms. The third-order valence-electron chi connectivity index (χ3n) is 3.33. The molecule has 1 unspecified atom stereocenters. The molecule has 1 aliphatic heterocycles. The second kappa shape index (κ2) is 4.37. The van der Waals surface area contributed by atoms with Crippen molar-refractivity contribution in [3.63, 3.8) is 0 Å². The minimum atomic E-state index is 0.511. The highest BCUT2D eigenvalue weighted by Gasteiger charge is 2.14. The third-order valence-corrected chi connectivity index (χ3v) is 3.33. The number of fused-ring (bicyclic) bond motifs is 1. The molecule has 17 heavy (non-hydrogen) atoms. The molecule has 90 valence electrons. The molecule has 4 heteroatoms. The molecule has 4 nitrogen and oxygen atoms in total. The number of aryl methyl sites for hydroxylation is 1. The quantitative estimate of drug-likeness (QED) is 0.874. The van der Waals surface area contributed by atoms with Crippen molar-refractivity contribution in [1.29, 1.82) is 0 Å². The smallest absolute Gasteiger partial charge is 0.121 e. The highest BCUT2D eigenvalue weighted by molar-refractivity contribution is 5.79. The Morgan fingerprint density at radius 1 is 1.53 bits per heavy atom. The molecule has 0 aliphatic carbocycles. The van der Waals surface area contributed by atoms with E-state index in [1.165, 1.54) is 12.8 Å². The summed E-state index contributed by atoms with van der Waals surface area (Å²) in [4.78, 5) is 0. The zero-order valence-electron chi connectivity index (χ0n) is 10.0. The van der Waals surface area contributed by atoms with E-state index < -0.39 is 0 Å². The van der Waals surface area contributed by atoms with Gasteiger partial charge in [-0.05, 0) is 31.5 Å². The Morgan fingerprint density at radius 2 is 2.47 bits per heavy atom. The van der Waals surface area contributed by atoms with Gasteiger partial charge in [0.1, 0.15) is 12.4 Å². The lowest BCUT2D eigenvalue weighted by Gasteiger charge is -2.12. The maximum Gasteiger partial charge on any atom is 0.121 e. The summed E-state index contributed by atoms with van der Waals surface area (Å²) in [6, 6.07) is 6.63. The first-order chi connectivity index (χ1) is 8.33. The highest BCUT2D eigenvalue weighted by Crippen LogP contribution is 2.20. The second-order valence-corrected chi connectivity index (χ2v) is 4.59. The molecule has 0 spiro atoms. The summed E-state index contributed by atoms with van der Waals surface area (Å²) in [6.45, 7) is 1.87. The summed E-state index contributed by atoms with van der Waals surface area (Å²) in [5.74, 6) is 0.926. The fraction of sp³-hybridized carbons (Fsp3) is 0.462. The van der Waals surface area contributed by atoms with E-state index in [-0.39, 0.29) is 0 Å². The Hall–Kier alpha value is -1.55. The van der Waals surface area contributed by atoms with Crippen molar-refractivity contribution in [2.45, 2.75) is 18.9 Å². The van der Waals surface area contributed by atoms with Crippen LogP contribution >= 0.6 is 0 Å². The van der Waals surface area contributed by atoms with Crippen LogP contribution in [0.3, 0.4) is 0 Å². The van der Waals surface area contributed by atoms with Crippen LogP contribution in [0.4, 0.5) is 0 Å². The molecule has 2 aromatic rings. The number of rotatable bonds is 3. The van der Waals surface area contributed by atoms with Crippen molar-refractivity contribution in [1.82, 2.24) is 15.1 Å². The Kier molecular flexibility index (Phi) is 2.73. The summed E-state index contributed by atoms with van der Waals surface area (Å²) >= 11 is 0. The molecule has 3 rings (SSSR count). The summed E-state index contributed by atoms with van der Waals surface area (Å²) in [5.41, 5.74) is 1.11. The van der Waals surface area contributed by atoms with Gasteiger partial charge in [0.05, 0.1) is 11.7 Å². The van der Waals surface area contributed by atoms with E-state index in [0.29, 0.717) is 6.04 Å². The van der Waals surface area contributed by atoms with Crippen molar-refractivity contribution in [2.24, 2.45) is 7.05 Å². The molecular formula is C13H17N3O. The first-order valence-electron chi connectivity index (χ1n) is 6.11. The van der Waals surface area contributed by atoms with Gasteiger partial charge in [0.2, 0.25) is 0 Å². The Labute approximate surface area is 101 Å². The first kappa shape index (κ1) is 10.6. The van der Waals surface area contributed by atoms with Crippen LogP contribution in [0.5, 0.6) is 5.75 Å². The van der Waals surface area contributed by atoms with Crippen LogP contribution in [-0.4, -0.2) is 29.0 Å². The van der Waals surface area contributed by atoms with Crippen molar-refractivity contribution in [3.05, 3.63) is 24.4 Å². The van der Waals surface area contributed by atoms with Crippen LogP contribution in [0, 0.1) is 0 Å². The van der Waals surface area contributed by atoms with Gasteiger partial charge in [0, 0.05) is 24.5 Å². The van der Waals surface area contributed by atoms with Crippen molar-refractivity contribution >= 4 is 10.9 Å². The summed E-state index contributed by atoms with van der Waals surface area (Å²) in [7, 11) is 1.95. The number of hydrogen-bond donors (Lipinski definition) is 1.